The quantitative estimate of drug-likeness (QED) is 0.0743. The smallest absolute Gasteiger partial charge is 0.330 e. The minimum atomic E-state index is -2.35. The number of carboxylic acid groups (broad SMARTS) is 1. The number of fused-ring (bicyclic) bond motifs is 15. The summed E-state index contributed by atoms with van der Waals surface area (Å²) < 4.78 is 38.0. The standard InChI is InChI=1S/C66H75Cl2N9O24/c1-23(2)12-34(71-5)58(88)76-49-51(83)26-7-10-38(32(67)14-26)97-40-16-28-17-41(56(40)101-65-54(86)53(85)52(84)42(22-78)99-65)98-39-11-8-27(15-33(39)68)55(100-44-21-66(4,70)57(87)24(3)96-44)50-63(93)75-48(64(94)95)31-18-29(79)19-37(81)45(31)30-13-25(6-9-36(30)80)46(60(90)77-50)74-61(91)47(28)73-59(89)35(20-43(69)82)72-62(49)92/h6-11,13-19,23-24,34-35,42,44,46-55,57,65,71,78-81,83-87H,12,20-22,70H2,1-5H3,(H2,69,82)(H,72,92)(H,73,89)(H,74,91)(H,75,93)(H,76,88)(H,77,90)(H,94,95)/t24-,34-,35+,42+,44+,46-,47-,48+,49-,50+,51-,52+,53-,54+,55-,57-,65-,66+/m1/s1. The molecule has 2 saturated heterocycles. The van der Waals surface area contributed by atoms with Gasteiger partial charge < -0.3 is 128 Å². The molecule has 21 N–H and O–H groups in total. The Morgan fingerprint density at radius 3 is 1.93 bits per heavy atom. The van der Waals surface area contributed by atoms with Gasteiger partial charge in [-0.05, 0) is 110 Å². The number of phenols is 3. The zero-order chi connectivity index (χ0) is 73.5. The number of phenolic OH excluding ortho intramolecular Hbond substituents is 3. The van der Waals surface area contributed by atoms with Crippen molar-refractivity contribution in [3.63, 3.8) is 0 Å². The number of benzene rings is 5. The lowest BCUT2D eigenvalue weighted by Gasteiger charge is -2.44. The van der Waals surface area contributed by atoms with Crippen LogP contribution in [0.25, 0.3) is 11.1 Å². The number of carbonyl (C=O) groups excluding carboxylic acids is 7. The number of hydrogen-bond donors (Lipinski definition) is 19. The lowest BCUT2D eigenvalue weighted by Crippen LogP contribution is -2.61. The number of carboxylic acids is 1. The Morgan fingerprint density at radius 1 is 0.713 bits per heavy atom. The van der Waals surface area contributed by atoms with Crippen molar-refractivity contribution in [1.82, 2.24) is 37.2 Å². The third kappa shape index (κ3) is 15.8. The van der Waals surface area contributed by atoms with Gasteiger partial charge in [-0.25, -0.2) is 4.79 Å². The Hall–Kier alpha value is -9.20. The molecule has 0 spiro atoms. The normalized spacial score (nSPS) is 29.4. The lowest BCUT2D eigenvalue weighted by atomic mass is 9.86. The molecule has 2 fully saturated rings. The van der Waals surface area contributed by atoms with E-state index in [0.29, 0.717) is 0 Å². The van der Waals surface area contributed by atoms with Crippen molar-refractivity contribution in [1.29, 1.82) is 0 Å². The number of amides is 7. The number of aromatic hydroxyl groups is 3. The second kappa shape index (κ2) is 30.2. The molecule has 11 bridgehead atoms. The number of rotatable bonds is 13. The van der Waals surface area contributed by atoms with Gasteiger partial charge in [-0.3, -0.25) is 33.6 Å². The van der Waals surface area contributed by atoms with Gasteiger partial charge in [-0.2, -0.15) is 0 Å². The highest BCUT2D eigenvalue weighted by Crippen LogP contribution is 2.50. The van der Waals surface area contributed by atoms with Crippen LogP contribution in [0.15, 0.2) is 78.9 Å². The van der Waals surface area contributed by atoms with E-state index in [2.05, 4.69) is 37.2 Å². The summed E-state index contributed by atoms with van der Waals surface area (Å²) in [5, 5.41) is 129. The molecule has 7 amide bonds. The molecular formula is C66H75Cl2N9O24. The molecule has 18 atom stereocenters. The van der Waals surface area contributed by atoms with Crippen molar-refractivity contribution in [2.24, 2.45) is 17.4 Å². The van der Waals surface area contributed by atoms with Crippen molar-refractivity contribution in [2.45, 2.75) is 156 Å². The Labute approximate surface area is 584 Å². The van der Waals surface area contributed by atoms with E-state index in [1.807, 2.05) is 13.8 Å². The van der Waals surface area contributed by atoms with Crippen LogP contribution in [0.4, 0.5) is 0 Å². The molecule has 0 saturated carbocycles. The van der Waals surface area contributed by atoms with Gasteiger partial charge in [0.2, 0.25) is 53.4 Å². The maximum atomic E-state index is 16.1. The summed E-state index contributed by atoms with van der Waals surface area (Å²) in [6, 6.07) is -0.386. The number of ether oxygens (including phenoxy) is 6. The minimum absolute atomic E-state index is 0.0953. The highest BCUT2D eigenvalue weighted by Gasteiger charge is 2.49. The predicted octanol–water partition coefficient (Wildman–Crippen LogP) is 0.106. The van der Waals surface area contributed by atoms with Gasteiger partial charge in [0.15, 0.2) is 23.8 Å². The third-order valence-corrected chi connectivity index (χ3v) is 18.4. The number of aliphatic hydroxyl groups is 6. The van der Waals surface area contributed by atoms with Crippen LogP contribution in [-0.4, -0.2) is 191 Å². The second-order valence-corrected chi connectivity index (χ2v) is 26.5. The summed E-state index contributed by atoms with van der Waals surface area (Å²) in [6.07, 6.45) is -19.0. The van der Waals surface area contributed by atoms with Crippen molar-refractivity contribution in [2.75, 3.05) is 13.7 Å². The van der Waals surface area contributed by atoms with Gasteiger partial charge in [0.25, 0.3) is 0 Å². The minimum Gasteiger partial charge on any atom is -0.508 e. The van der Waals surface area contributed by atoms with E-state index >= 15 is 19.2 Å². The molecule has 0 unspecified atom stereocenters. The average molecular weight is 1450 g/mol. The number of carbonyl (C=O) groups is 8. The summed E-state index contributed by atoms with van der Waals surface area (Å²) in [7, 11) is 1.47. The molecule has 0 radical (unpaired) electrons. The van der Waals surface area contributed by atoms with E-state index in [9.17, 15) is 70.2 Å². The molecular weight excluding hydrogens is 1370 g/mol. The zero-order valence-electron chi connectivity index (χ0n) is 54.3. The van der Waals surface area contributed by atoms with E-state index < -0.39 is 231 Å². The molecule has 7 aliphatic rings. The van der Waals surface area contributed by atoms with Gasteiger partial charge >= 0.3 is 5.97 Å². The summed E-state index contributed by atoms with van der Waals surface area (Å²) in [5.41, 5.74) is 8.15. The number of hydrogen-bond acceptors (Lipinski definition) is 25. The Morgan fingerprint density at radius 2 is 1.33 bits per heavy atom. The monoisotopic (exact) mass is 1450 g/mol. The molecule has 7 heterocycles. The molecule has 542 valence electrons. The van der Waals surface area contributed by atoms with E-state index in [0.717, 1.165) is 54.6 Å². The highest BCUT2D eigenvalue weighted by atomic mass is 35.5. The van der Waals surface area contributed by atoms with Crippen LogP contribution in [0.3, 0.4) is 0 Å². The average Bonchev–Trinajstić information content (AvgIpc) is 0.770. The molecule has 33 nitrogen and oxygen atoms in total. The SMILES string of the molecule is CN[C@H](CC(C)C)C(=O)N[C@H]1C(=O)N[C@@H](CC(N)=O)C(=O)N[C@H]2C(=O)N[C@H]3C(=O)N[C@H](C(=O)N[C@H](C(=O)O)c4cc(O)cc(O)c4-c4cc3ccc4O)[C@H](O[C@H]3C[C@](C)(N)[C@H](O)[C@@H](C)O3)c3ccc(c(Cl)c3)Oc3cc2cc(c3O[C@H]2O[C@@H](CO)[C@H](O)[C@@H](O)[C@@H]2O)Oc2ccc(cc2Cl)[C@H]1O. The van der Waals surface area contributed by atoms with E-state index in [4.69, 9.17) is 63.1 Å². The van der Waals surface area contributed by atoms with Crippen LogP contribution in [0.5, 0.6) is 46.0 Å². The van der Waals surface area contributed by atoms with Crippen LogP contribution in [0.1, 0.15) is 105 Å². The fourth-order valence-electron chi connectivity index (χ4n) is 12.5. The molecule has 5 aromatic carbocycles. The Balaban J connectivity index is 1.26. The van der Waals surface area contributed by atoms with Crippen LogP contribution < -0.4 is 62.9 Å². The van der Waals surface area contributed by atoms with Gasteiger partial charge in [0.1, 0.15) is 95.6 Å². The lowest BCUT2D eigenvalue weighted by molar-refractivity contribution is -0.277. The number of aliphatic hydroxyl groups excluding tert-OH is 6. The van der Waals surface area contributed by atoms with Crippen LogP contribution in [-0.2, 0) is 52.6 Å². The summed E-state index contributed by atoms with van der Waals surface area (Å²) in [6.45, 7) is 5.60. The van der Waals surface area contributed by atoms with Crippen molar-refractivity contribution >= 4 is 70.5 Å². The maximum absolute atomic E-state index is 16.1. The number of primary amides is 1. The van der Waals surface area contributed by atoms with E-state index in [1.165, 1.54) is 45.2 Å². The fraction of sp³-hybridized carbons (Fsp3) is 0.424. The number of nitrogens with two attached hydrogens (primary N) is 2. The molecule has 5 aromatic rings. The first-order valence-corrected chi connectivity index (χ1v) is 32.4. The predicted molar refractivity (Wildman–Crippen MR) is 349 cm³/mol. The molecule has 0 aliphatic carbocycles. The maximum Gasteiger partial charge on any atom is 0.330 e. The van der Waals surface area contributed by atoms with Crippen molar-refractivity contribution in [3.8, 4) is 57.1 Å². The van der Waals surface area contributed by atoms with Gasteiger partial charge in [-0.15, -0.1) is 0 Å². The third-order valence-electron chi connectivity index (χ3n) is 17.8. The van der Waals surface area contributed by atoms with Gasteiger partial charge in [0, 0.05) is 34.7 Å². The largest absolute Gasteiger partial charge is 0.508 e. The number of nitrogens with one attached hydrogen (secondary N) is 7. The summed E-state index contributed by atoms with van der Waals surface area (Å²) in [5.74, 6) is -16.0. The van der Waals surface area contributed by atoms with Crippen LogP contribution >= 0.6 is 23.2 Å². The number of aliphatic carboxylic acids is 1. The topological polar surface area (TPSA) is 530 Å². The first kappa shape index (κ1) is 74.5. The van der Waals surface area contributed by atoms with Crippen LogP contribution in [0.2, 0.25) is 10.0 Å². The van der Waals surface area contributed by atoms with Crippen molar-refractivity contribution in [3.05, 3.63) is 117 Å². The molecule has 12 rings (SSSR count). The first-order valence-electron chi connectivity index (χ1n) is 31.6. The Kier molecular flexibility index (Phi) is 22.2. The molecule has 101 heavy (non-hydrogen) atoms. The van der Waals surface area contributed by atoms with E-state index in [1.54, 1.807) is 0 Å². The second-order valence-electron chi connectivity index (χ2n) is 25.7. The van der Waals surface area contributed by atoms with Crippen molar-refractivity contribution < 1.29 is 118 Å². The van der Waals surface area contributed by atoms with E-state index in [-0.39, 0.29) is 52.0 Å². The van der Waals surface area contributed by atoms with Gasteiger partial charge in [0.05, 0.1) is 41.3 Å². The Bertz CT molecular complexity index is 4070. The summed E-state index contributed by atoms with van der Waals surface area (Å²) in [4.78, 5) is 118. The molecule has 7 aliphatic heterocycles. The van der Waals surface area contributed by atoms with Crippen LogP contribution in [0, 0.1) is 5.92 Å². The zero-order valence-corrected chi connectivity index (χ0v) is 55.8. The number of likely N-dealkylation sites (N-methyl/N-ethyl adjacent to an activating group) is 1. The fourth-order valence-corrected chi connectivity index (χ4v) is 12.9. The first-order chi connectivity index (χ1) is 47.7. The number of halogens is 2. The molecule has 0 aromatic heterocycles. The van der Waals surface area contributed by atoms with Gasteiger partial charge in [-0.1, -0.05) is 55.2 Å². The molecule has 35 heteroatoms. The highest BCUT2D eigenvalue weighted by molar-refractivity contribution is 6.32. The summed E-state index contributed by atoms with van der Waals surface area (Å²) >= 11 is 14.2.